The van der Waals surface area contributed by atoms with Crippen molar-refractivity contribution >= 4 is 0 Å². The molecular weight excluding hydrogens is 176 g/mol. The molecule has 1 aromatic heterocycles. The Balaban J connectivity index is 1.74. The van der Waals surface area contributed by atoms with Crippen LogP contribution >= 0.6 is 0 Å². The Kier molecular flexibility index (Phi) is 1.83. The van der Waals surface area contributed by atoms with Crippen molar-refractivity contribution in [3.05, 3.63) is 12.2 Å². The van der Waals surface area contributed by atoms with Gasteiger partial charge in [-0.15, -0.1) is 10.2 Å². The monoisotopic (exact) mass is 192 g/mol. The third kappa shape index (κ3) is 1.34. The normalized spacial score (nSPS) is 24.6. The van der Waals surface area contributed by atoms with Crippen molar-refractivity contribution in [3.63, 3.8) is 0 Å². The molecule has 0 aromatic carbocycles. The van der Waals surface area contributed by atoms with Crippen LogP contribution < -0.4 is 0 Å². The summed E-state index contributed by atoms with van der Waals surface area (Å²) in [6.07, 6.45) is 4.68. The first-order valence-electron chi connectivity index (χ1n) is 5.45. The van der Waals surface area contributed by atoms with Crippen LogP contribution in [-0.4, -0.2) is 32.3 Å². The molecule has 0 bridgehead atoms. The summed E-state index contributed by atoms with van der Waals surface area (Å²) < 4.78 is 2.16. The van der Waals surface area contributed by atoms with Gasteiger partial charge in [0.15, 0.2) is 0 Å². The van der Waals surface area contributed by atoms with E-state index in [1.165, 1.54) is 12.8 Å². The van der Waals surface area contributed by atoms with E-state index in [9.17, 15) is 0 Å². The molecule has 2 heterocycles. The Morgan fingerprint density at radius 2 is 2.29 bits per heavy atom. The van der Waals surface area contributed by atoms with E-state index in [4.69, 9.17) is 0 Å². The predicted octanol–water partition coefficient (Wildman–Crippen LogP) is 0.892. The highest BCUT2D eigenvalue weighted by molar-refractivity contribution is 4.94. The summed E-state index contributed by atoms with van der Waals surface area (Å²) in [5.41, 5.74) is 0. The van der Waals surface area contributed by atoms with Crippen molar-refractivity contribution in [1.82, 2.24) is 19.7 Å². The molecular formula is C10H16N4. The first-order valence-corrected chi connectivity index (χ1v) is 5.45. The summed E-state index contributed by atoms with van der Waals surface area (Å²) in [5.74, 6) is 2.08. The van der Waals surface area contributed by atoms with E-state index < -0.39 is 0 Å². The summed E-state index contributed by atoms with van der Waals surface area (Å²) in [6.45, 7) is 5.55. The second-order valence-electron chi connectivity index (χ2n) is 4.49. The molecule has 4 heteroatoms. The van der Waals surface area contributed by atoms with Crippen molar-refractivity contribution in [3.8, 4) is 0 Å². The van der Waals surface area contributed by atoms with Crippen LogP contribution in [0.5, 0.6) is 0 Å². The van der Waals surface area contributed by atoms with E-state index >= 15 is 0 Å². The Hall–Kier alpha value is -0.900. The van der Waals surface area contributed by atoms with Gasteiger partial charge in [0.05, 0.1) is 6.54 Å². The van der Waals surface area contributed by atoms with Crippen molar-refractivity contribution < 1.29 is 0 Å². The summed E-state index contributed by atoms with van der Waals surface area (Å²) in [4.78, 5) is 2.54. The van der Waals surface area contributed by atoms with E-state index in [1.54, 1.807) is 0 Å². The third-order valence-corrected chi connectivity index (χ3v) is 3.55. The fraction of sp³-hybridized carbons (Fsp3) is 0.800. The Morgan fingerprint density at radius 1 is 1.43 bits per heavy atom. The van der Waals surface area contributed by atoms with E-state index in [1.807, 2.05) is 6.33 Å². The minimum Gasteiger partial charge on any atom is -0.315 e. The highest BCUT2D eigenvalue weighted by Gasteiger charge is 2.33. The number of rotatable bonds is 2. The Morgan fingerprint density at radius 3 is 3.07 bits per heavy atom. The molecule has 0 N–H and O–H groups in total. The number of nitrogens with zero attached hydrogens (tertiary/aromatic N) is 4. The molecule has 1 fully saturated rings. The molecule has 14 heavy (non-hydrogen) atoms. The molecule has 0 spiro atoms. The standard InChI is InChI=1S/C10H16N4/c1-8(9-2-3-9)13-4-5-14-7-11-12-10(14)6-13/h7-9H,2-6H2,1H3. The lowest BCUT2D eigenvalue weighted by molar-refractivity contribution is 0.147. The number of hydrogen-bond acceptors (Lipinski definition) is 3. The van der Waals surface area contributed by atoms with Crippen molar-refractivity contribution in [2.75, 3.05) is 6.54 Å². The second kappa shape index (κ2) is 3.05. The number of aromatic nitrogens is 3. The van der Waals surface area contributed by atoms with Gasteiger partial charge in [-0.05, 0) is 25.7 Å². The average Bonchev–Trinajstić information content (AvgIpc) is 2.95. The van der Waals surface area contributed by atoms with Crippen LogP contribution in [0.3, 0.4) is 0 Å². The van der Waals surface area contributed by atoms with Gasteiger partial charge in [0.2, 0.25) is 0 Å². The first-order chi connectivity index (χ1) is 6.84. The van der Waals surface area contributed by atoms with Gasteiger partial charge >= 0.3 is 0 Å². The van der Waals surface area contributed by atoms with Crippen LogP contribution in [0.15, 0.2) is 6.33 Å². The van der Waals surface area contributed by atoms with Crippen LogP contribution in [0.2, 0.25) is 0 Å². The topological polar surface area (TPSA) is 34.0 Å². The lowest BCUT2D eigenvalue weighted by Crippen LogP contribution is -2.40. The van der Waals surface area contributed by atoms with E-state index in [0.717, 1.165) is 37.4 Å². The molecule has 1 atom stereocenters. The third-order valence-electron chi connectivity index (χ3n) is 3.55. The highest BCUT2D eigenvalue weighted by atomic mass is 15.3. The van der Waals surface area contributed by atoms with Gasteiger partial charge in [-0.2, -0.15) is 0 Å². The van der Waals surface area contributed by atoms with Crippen LogP contribution in [0.4, 0.5) is 0 Å². The second-order valence-corrected chi connectivity index (χ2v) is 4.49. The van der Waals surface area contributed by atoms with Gasteiger partial charge in [-0.25, -0.2) is 0 Å². The summed E-state index contributed by atoms with van der Waals surface area (Å²) in [5, 5.41) is 8.08. The molecule has 0 saturated heterocycles. The summed E-state index contributed by atoms with van der Waals surface area (Å²) in [6, 6.07) is 0.737. The lowest BCUT2D eigenvalue weighted by atomic mass is 10.1. The lowest BCUT2D eigenvalue weighted by Gasteiger charge is -2.32. The maximum Gasteiger partial charge on any atom is 0.147 e. The molecule has 1 saturated carbocycles. The number of hydrogen-bond donors (Lipinski definition) is 0. The van der Waals surface area contributed by atoms with Crippen LogP contribution in [0.25, 0.3) is 0 Å². The molecule has 3 rings (SSSR count). The Bertz CT molecular complexity index is 329. The minimum absolute atomic E-state index is 0.737. The van der Waals surface area contributed by atoms with Gasteiger partial charge < -0.3 is 4.57 Å². The zero-order valence-electron chi connectivity index (χ0n) is 8.56. The zero-order valence-corrected chi connectivity index (χ0v) is 8.56. The molecule has 2 aliphatic rings. The molecule has 76 valence electrons. The SMILES string of the molecule is CC(C1CC1)N1CCn2cnnc2C1. The molecule has 4 nitrogen and oxygen atoms in total. The summed E-state index contributed by atoms with van der Waals surface area (Å²) >= 11 is 0. The molecule has 1 aliphatic carbocycles. The van der Waals surface area contributed by atoms with Gasteiger partial charge in [-0.1, -0.05) is 0 Å². The highest BCUT2D eigenvalue weighted by Crippen LogP contribution is 2.35. The van der Waals surface area contributed by atoms with E-state index in [2.05, 4.69) is 26.6 Å². The average molecular weight is 192 g/mol. The fourth-order valence-corrected chi connectivity index (χ4v) is 2.31. The van der Waals surface area contributed by atoms with Gasteiger partial charge in [0, 0.05) is 19.1 Å². The van der Waals surface area contributed by atoms with Crippen molar-refractivity contribution in [1.29, 1.82) is 0 Å². The van der Waals surface area contributed by atoms with Gasteiger partial charge in [-0.3, -0.25) is 4.90 Å². The maximum atomic E-state index is 4.14. The molecule has 1 unspecified atom stereocenters. The Labute approximate surface area is 83.9 Å². The number of fused-ring (bicyclic) bond motifs is 1. The predicted molar refractivity (Wildman–Crippen MR) is 52.6 cm³/mol. The quantitative estimate of drug-likeness (QED) is 0.698. The fourth-order valence-electron chi connectivity index (χ4n) is 2.31. The van der Waals surface area contributed by atoms with Crippen LogP contribution in [-0.2, 0) is 13.1 Å². The molecule has 1 aromatic rings. The molecule has 0 amide bonds. The van der Waals surface area contributed by atoms with E-state index in [-0.39, 0.29) is 0 Å². The van der Waals surface area contributed by atoms with Crippen molar-refractivity contribution in [2.45, 2.75) is 38.9 Å². The zero-order chi connectivity index (χ0) is 9.54. The molecule has 1 aliphatic heterocycles. The van der Waals surface area contributed by atoms with Crippen LogP contribution in [0.1, 0.15) is 25.6 Å². The minimum atomic E-state index is 0.737. The first kappa shape index (κ1) is 8.41. The molecule has 0 radical (unpaired) electrons. The van der Waals surface area contributed by atoms with Crippen LogP contribution in [0, 0.1) is 5.92 Å². The smallest absolute Gasteiger partial charge is 0.147 e. The van der Waals surface area contributed by atoms with Crippen molar-refractivity contribution in [2.24, 2.45) is 5.92 Å². The van der Waals surface area contributed by atoms with E-state index in [0.29, 0.717) is 0 Å². The van der Waals surface area contributed by atoms with Gasteiger partial charge in [0.1, 0.15) is 12.2 Å². The largest absolute Gasteiger partial charge is 0.315 e. The summed E-state index contributed by atoms with van der Waals surface area (Å²) in [7, 11) is 0. The van der Waals surface area contributed by atoms with Gasteiger partial charge in [0.25, 0.3) is 0 Å². The maximum absolute atomic E-state index is 4.14.